The van der Waals surface area contributed by atoms with Gasteiger partial charge in [-0.05, 0) is 31.5 Å². The Hall–Kier alpha value is -0.930. The molecule has 0 aliphatic carbocycles. The Kier molecular flexibility index (Phi) is 4.28. The van der Waals surface area contributed by atoms with Crippen molar-refractivity contribution in [1.82, 2.24) is 5.32 Å². The summed E-state index contributed by atoms with van der Waals surface area (Å²) in [5, 5.41) is 3.44. The molecule has 0 heterocycles. The van der Waals surface area contributed by atoms with Gasteiger partial charge in [0.15, 0.2) is 0 Å². The van der Waals surface area contributed by atoms with Gasteiger partial charge < -0.3 is 11.1 Å². The van der Waals surface area contributed by atoms with Crippen LogP contribution in [0.1, 0.15) is 33.3 Å². The van der Waals surface area contributed by atoms with Gasteiger partial charge in [-0.3, -0.25) is 0 Å². The molecule has 0 saturated carbocycles. The molecular weight excluding hydrogens is 215 g/mol. The molecule has 1 aromatic carbocycles. The minimum atomic E-state index is -0.195. The van der Waals surface area contributed by atoms with Crippen LogP contribution in [0, 0.1) is 5.82 Å². The maximum Gasteiger partial charge on any atom is 0.123 e. The lowest BCUT2D eigenvalue weighted by Gasteiger charge is -2.32. The van der Waals surface area contributed by atoms with Crippen molar-refractivity contribution >= 4 is 0 Å². The quantitative estimate of drug-likeness (QED) is 0.827. The summed E-state index contributed by atoms with van der Waals surface area (Å²) in [7, 11) is 0. The topological polar surface area (TPSA) is 38.0 Å². The van der Waals surface area contributed by atoms with E-state index in [0.29, 0.717) is 6.54 Å². The van der Waals surface area contributed by atoms with Crippen molar-refractivity contribution in [3.05, 3.63) is 35.6 Å². The summed E-state index contributed by atoms with van der Waals surface area (Å²) in [5.41, 5.74) is 6.69. The molecule has 0 amide bonds. The van der Waals surface area contributed by atoms with Crippen LogP contribution in [-0.2, 0) is 5.41 Å². The number of hydrogen-bond donors (Lipinski definition) is 2. The van der Waals surface area contributed by atoms with Crippen molar-refractivity contribution in [3.63, 3.8) is 0 Å². The van der Waals surface area contributed by atoms with Gasteiger partial charge in [0.1, 0.15) is 5.82 Å². The van der Waals surface area contributed by atoms with Crippen LogP contribution in [-0.4, -0.2) is 18.6 Å². The number of hydrogen-bond acceptors (Lipinski definition) is 2. The smallest absolute Gasteiger partial charge is 0.123 e. The van der Waals surface area contributed by atoms with Gasteiger partial charge in [0.25, 0.3) is 0 Å². The number of halogens is 1. The predicted molar refractivity (Wildman–Crippen MR) is 70.6 cm³/mol. The largest absolute Gasteiger partial charge is 0.329 e. The van der Waals surface area contributed by atoms with E-state index >= 15 is 0 Å². The lowest BCUT2D eigenvalue weighted by atomic mass is 9.84. The van der Waals surface area contributed by atoms with E-state index < -0.39 is 0 Å². The van der Waals surface area contributed by atoms with Gasteiger partial charge in [-0.15, -0.1) is 0 Å². The Bertz CT molecular complexity index is 355. The molecular formula is C14H23FN2. The van der Waals surface area contributed by atoms with Gasteiger partial charge in [0.05, 0.1) is 0 Å². The Morgan fingerprint density at radius 1 is 1.12 bits per heavy atom. The maximum absolute atomic E-state index is 12.9. The van der Waals surface area contributed by atoms with Crippen molar-refractivity contribution in [2.75, 3.05) is 13.1 Å². The molecule has 0 radical (unpaired) electrons. The van der Waals surface area contributed by atoms with E-state index in [1.807, 2.05) is 12.1 Å². The monoisotopic (exact) mass is 238 g/mol. The van der Waals surface area contributed by atoms with Gasteiger partial charge in [-0.1, -0.05) is 26.0 Å². The molecule has 0 aliphatic rings. The minimum Gasteiger partial charge on any atom is -0.329 e. The second-order valence-corrected chi connectivity index (χ2v) is 5.83. The zero-order chi connectivity index (χ0) is 13.1. The van der Waals surface area contributed by atoms with E-state index in [9.17, 15) is 4.39 Å². The number of rotatable bonds is 5. The molecule has 0 aromatic heterocycles. The summed E-state index contributed by atoms with van der Waals surface area (Å²) in [6.07, 6.45) is 0. The average Bonchev–Trinajstić information content (AvgIpc) is 2.27. The lowest BCUT2D eigenvalue weighted by Crippen LogP contribution is -2.50. The highest BCUT2D eigenvalue weighted by Crippen LogP contribution is 2.23. The fourth-order valence-corrected chi connectivity index (χ4v) is 1.54. The van der Waals surface area contributed by atoms with E-state index in [2.05, 4.69) is 33.0 Å². The zero-order valence-electron chi connectivity index (χ0n) is 11.2. The highest BCUT2D eigenvalue weighted by molar-refractivity contribution is 5.24. The fourth-order valence-electron chi connectivity index (χ4n) is 1.54. The predicted octanol–water partition coefficient (Wildman–Crippen LogP) is 2.43. The van der Waals surface area contributed by atoms with Crippen LogP contribution in [0.4, 0.5) is 4.39 Å². The van der Waals surface area contributed by atoms with Crippen LogP contribution in [0.3, 0.4) is 0 Å². The summed E-state index contributed by atoms with van der Waals surface area (Å²) < 4.78 is 12.9. The Morgan fingerprint density at radius 3 is 2.12 bits per heavy atom. The van der Waals surface area contributed by atoms with Gasteiger partial charge >= 0.3 is 0 Å². The molecule has 3 N–H and O–H groups in total. The molecule has 0 spiro atoms. The molecule has 0 aliphatic heterocycles. The van der Waals surface area contributed by atoms with E-state index in [1.165, 1.54) is 12.1 Å². The Balaban J connectivity index is 2.71. The van der Waals surface area contributed by atoms with Crippen LogP contribution < -0.4 is 11.1 Å². The minimum absolute atomic E-state index is 0.0415. The maximum atomic E-state index is 12.9. The summed E-state index contributed by atoms with van der Waals surface area (Å²) in [6, 6.07) is 6.69. The fraction of sp³-hybridized carbons (Fsp3) is 0.571. The van der Waals surface area contributed by atoms with Gasteiger partial charge in [0.2, 0.25) is 0 Å². The summed E-state index contributed by atoms with van der Waals surface area (Å²) in [6.45, 7) is 9.83. The summed E-state index contributed by atoms with van der Waals surface area (Å²) >= 11 is 0. The molecule has 0 fully saturated rings. The third kappa shape index (κ3) is 4.10. The Morgan fingerprint density at radius 2 is 1.65 bits per heavy atom. The van der Waals surface area contributed by atoms with Crippen molar-refractivity contribution in [2.45, 2.75) is 38.6 Å². The standard InChI is InChI=1S/C14H23FN2/c1-13(2,10-17-14(3,4)9-16)11-5-7-12(15)8-6-11/h5-8,17H,9-10,16H2,1-4H3. The van der Waals surface area contributed by atoms with Crippen molar-refractivity contribution in [2.24, 2.45) is 5.73 Å². The Labute approximate surface area is 103 Å². The first kappa shape index (κ1) is 14.1. The zero-order valence-corrected chi connectivity index (χ0v) is 11.2. The van der Waals surface area contributed by atoms with Crippen LogP contribution in [0.2, 0.25) is 0 Å². The first-order valence-corrected chi connectivity index (χ1v) is 5.98. The van der Waals surface area contributed by atoms with Gasteiger partial charge in [-0.25, -0.2) is 4.39 Å². The molecule has 1 aromatic rings. The molecule has 2 nitrogen and oxygen atoms in total. The highest BCUT2D eigenvalue weighted by atomic mass is 19.1. The third-order valence-electron chi connectivity index (χ3n) is 3.14. The lowest BCUT2D eigenvalue weighted by molar-refractivity contribution is 0.346. The van der Waals surface area contributed by atoms with E-state index in [-0.39, 0.29) is 16.8 Å². The van der Waals surface area contributed by atoms with Crippen molar-refractivity contribution in [1.29, 1.82) is 0 Å². The van der Waals surface area contributed by atoms with Gasteiger partial charge in [0, 0.05) is 24.0 Å². The van der Waals surface area contributed by atoms with Crippen LogP contribution in [0.25, 0.3) is 0 Å². The summed E-state index contributed by atoms with van der Waals surface area (Å²) in [4.78, 5) is 0. The van der Waals surface area contributed by atoms with Crippen molar-refractivity contribution in [3.8, 4) is 0 Å². The number of nitrogens with one attached hydrogen (secondary N) is 1. The van der Waals surface area contributed by atoms with Crippen LogP contribution in [0.15, 0.2) is 24.3 Å². The highest BCUT2D eigenvalue weighted by Gasteiger charge is 2.24. The van der Waals surface area contributed by atoms with Crippen LogP contribution >= 0.6 is 0 Å². The number of benzene rings is 1. The molecule has 3 heteroatoms. The van der Waals surface area contributed by atoms with Crippen molar-refractivity contribution < 1.29 is 4.39 Å². The third-order valence-corrected chi connectivity index (χ3v) is 3.14. The summed E-state index contributed by atoms with van der Waals surface area (Å²) in [5.74, 6) is -0.195. The second-order valence-electron chi connectivity index (χ2n) is 5.83. The molecule has 96 valence electrons. The molecule has 0 bridgehead atoms. The van der Waals surface area contributed by atoms with Gasteiger partial charge in [-0.2, -0.15) is 0 Å². The van der Waals surface area contributed by atoms with E-state index in [4.69, 9.17) is 5.73 Å². The molecule has 0 saturated heterocycles. The molecule has 0 unspecified atom stereocenters. The second kappa shape index (κ2) is 5.15. The molecule has 1 rings (SSSR count). The molecule has 0 atom stereocenters. The SMILES string of the molecule is CC(C)(CN)NCC(C)(C)c1ccc(F)cc1. The van der Waals surface area contributed by atoms with E-state index in [1.54, 1.807) is 0 Å². The first-order valence-electron chi connectivity index (χ1n) is 5.98. The molecule has 17 heavy (non-hydrogen) atoms. The van der Waals surface area contributed by atoms with E-state index in [0.717, 1.165) is 12.1 Å². The number of nitrogens with two attached hydrogens (primary N) is 1. The van der Waals surface area contributed by atoms with Crippen LogP contribution in [0.5, 0.6) is 0 Å². The first-order chi connectivity index (χ1) is 7.77. The normalized spacial score (nSPS) is 12.8. The average molecular weight is 238 g/mol.